The highest BCUT2D eigenvalue weighted by Gasteiger charge is 2.25. The Morgan fingerprint density at radius 2 is 2.00 bits per heavy atom. The smallest absolute Gasteiger partial charge is 0.222 e. The van der Waals surface area contributed by atoms with Gasteiger partial charge < -0.3 is 20.4 Å². The van der Waals surface area contributed by atoms with Crippen molar-refractivity contribution in [2.24, 2.45) is 10.9 Å². The molecule has 150 valence electrons. The third-order valence-electron chi connectivity index (χ3n) is 5.42. The molecule has 0 aromatic heterocycles. The first-order valence-electron chi connectivity index (χ1n) is 10.7. The molecule has 6 heteroatoms. The zero-order chi connectivity index (χ0) is 18.8. The zero-order valence-corrected chi connectivity index (χ0v) is 17.1. The van der Waals surface area contributed by atoms with E-state index < -0.39 is 0 Å². The van der Waals surface area contributed by atoms with Gasteiger partial charge >= 0.3 is 0 Å². The van der Waals surface area contributed by atoms with Gasteiger partial charge in [0.05, 0.1) is 0 Å². The lowest BCUT2D eigenvalue weighted by molar-refractivity contribution is -0.129. The van der Waals surface area contributed by atoms with Crippen LogP contribution in [0.3, 0.4) is 0 Å². The van der Waals surface area contributed by atoms with Crippen molar-refractivity contribution in [3.05, 3.63) is 0 Å². The van der Waals surface area contributed by atoms with E-state index in [4.69, 9.17) is 4.99 Å². The van der Waals surface area contributed by atoms with Gasteiger partial charge in [-0.25, -0.2) is 0 Å². The molecule has 2 rings (SSSR count). The van der Waals surface area contributed by atoms with Gasteiger partial charge in [-0.2, -0.15) is 0 Å². The second-order valence-electron chi connectivity index (χ2n) is 7.84. The molecule has 2 aliphatic heterocycles. The van der Waals surface area contributed by atoms with Crippen LogP contribution in [0.4, 0.5) is 0 Å². The largest absolute Gasteiger partial charge is 0.357 e. The standard InChI is InChI=1S/C20H39N5O/c1-4-19(26)25-14-10-18(16-25)23-20(21-5-2)22-11-6-7-12-24-13-8-9-17(3)15-24/h17-18H,4-16H2,1-3H3,(H2,21,22,23). The molecule has 0 aromatic carbocycles. The van der Waals surface area contributed by atoms with Gasteiger partial charge in [-0.15, -0.1) is 0 Å². The average molecular weight is 366 g/mol. The Kier molecular flexibility index (Phi) is 9.23. The number of likely N-dealkylation sites (tertiary alicyclic amines) is 2. The summed E-state index contributed by atoms with van der Waals surface area (Å²) >= 11 is 0. The summed E-state index contributed by atoms with van der Waals surface area (Å²) in [5, 5.41) is 6.85. The first-order chi connectivity index (χ1) is 12.6. The van der Waals surface area contributed by atoms with Crippen LogP contribution in [-0.4, -0.2) is 73.5 Å². The monoisotopic (exact) mass is 365 g/mol. The van der Waals surface area contributed by atoms with E-state index in [-0.39, 0.29) is 5.91 Å². The fraction of sp³-hybridized carbons (Fsp3) is 0.900. The predicted octanol–water partition coefficient (Wildman–Crippen LogP) is 2.06. The topological polar surface area (TPSA) is 60.0 Å². The number of rotatable bonds is 8. The lowest BCUT2D eigenvalue weighted by Gasteiger charge is -2.30. The molecule has 2 aliphatic rings. The Bertz CT molecular complexity index is 453. The summed E-state index contributed by atoms with van der Waals surface area (Å²) in [6.45, 7) is 13.5. The van der Waals surface area contributed by atoms with Crippen molar-refractivity contribution in [3.63, 3.8) is 0 Å². The van der Waals surface area contributed by atoms with Gasteiger partial charge in [0, 0.05) is 45.2 Å². The normalized spacial score (nSPS) is 24.7. The summed E-state index contributed by atoms with van der Waals surface area (Å²) in [6, 6.07) is 0.318. The maximum absolute atomic E-state index is 11.8. The summed E-state index contributed by atoms with van der Waals surface area (Å²) in [5.74, 6) is 2.01. The molecule has 0 spiro atoms. The Hall–Kier alpha value is -1.30. The molecule has 2 N–H and O–H groups in total. The molecule has 0 radical (unpaired) electrons. The van der Waals surface area contributed by atoms with Crippen molar-refractivity contribution in [2.45, 2.75) is 65.3 Å². The molecular formula is C20H39N5O. The van der Waals surface area contributed by atoms with Crippen molar-refractivity contribution in [1.82, 2.24) is 20.4 Å². The van der Waals surface area contributed by atoms with E-state index in [1.54, 1.807) is 0 Å². The van der Waals surface area contributed by atoms with Crippen LogP contribution in [0.15, 0.2) is 4.99 Å². The average Bonchev–Trinajstić information content (AvgIpc) is 3.09. The molecule has 0 saturated carbocycles. The van der Waals surface area contributed by atoms with Gasteiger partial charge in [0.25, 0.3) is 0 Å². The van der Waals surface area contributed by atoms with Crippen LogP contribution in [0.2, 0.25) is 0 Å². The Balaban J connectivity index is 1.67. The lowest BCUT2D eigenvalue weighted by Crippen LogP contribution is -2.45. The minimum absolute atomic E-state index is 0.253. The number of piperidine rings is 1. The number of carbonyl (C=O) groups is 1. The molecule has 0 aromatic rings. The number of guanidine groups is 1. The number of nitrogens with one attached hydrogen (secondary N) is 2. The Morgan fingerprint density at radius 1 is 1.15 bits per heavy atom. The summed E-state index contributed by atoms with van der Waals surface area (Å²) in [6.07, 6.45) is 6.69. The van der Waals surface area contributed by atoms with E-state index in [1.807, 2.05) is 11.8 Å². The fourth-order valence-corrected chi connectivity index (χ4v) is 3.97. The van der Waals surface area contributed by atoms with Crippen molar-refractivity contribution in [1.29, 1.82) is 0 Å². The Morgan fingerprint density at radius 3 is 2.73 bits per heavy atom. The Labute approximate surface area is 159 Å². The van der Waals surface area contributed by atoms with Crippen LogP contribution >= 0.6 is 0 Å². The molecule has 0 aliphatic carbocycles. The molecular weight excluding hydrogens is 326 g/mol. The maximum Gasteiger partial charge on any atom is 0.222 e. The van der Waals surface area contributed by atoms with Crippen molar-refractivity contribution < 1.29 is 4.79 Å². The van der Waals surface area contributed by atoms with Gasteiger partial charge in [-0.3, -0.25) is 9.79 Å². The van der Waals surface area contributed by atoms with E-state index in [9.17, 15) is 4.79 Å². The van der Waals surface area contributed by atoms with Crippen molar-refractivity contribution in [2.75, 3.05) is 45.8 Å². The number of carbonyl (C=O) groups excluding carboxylic acids is 1. The van der Waals surface area contributed by atoms with Crippen LogP contribution < -0.4 is 10.6 Å². The lowest BCUT2D eigenvalue weighted by atomic mass is 10.0. The second kappa shape index (κ2) is 11.4. The third kappa shape index (κ3) is 7.14. The molecule has 2 atom stereocenters. The fourth-order valence-electron chi connectivity index (χ4n) is 3.97. The molecule has 6 nitrogen and oxygen atoms in total. The zero-order valence-electron chi connectivity index (χ0n) is 17.1. The molecule has 0 bridgehead atoms. The van der Waals surface area contributed by atoms with Crippen LogP contribution in [0.5, 0.6) is 0 Å². The number of nitrogens with zero attached hydrogens (tertiary/aromatic N) is 3. The molecule has 2 saturated heterocycles. The molecule has 2 heterocycles. The highest BCUT2D eigenvalue weighted by atomic mass is 16.2. The minimum Gasteiger partial charge on any atom is -0.357 e. The maximum atomic E-state index is 11.8. The minimum atomic E-state index is 0.253. The van der Waals surface area contributed by atoms with Crippen LogP contribution in [0.25, 0.3) is 0 Å². The van der Waals surface area contributed by atoms with E-state index in [0.717, 1.165) is 50.9 Å². The first-order valence-corrected chi connectivity index (χ1v) is 10.7. The van der Waals surface area contributed by atoms with Crippen molar-refractivity contribution >= 4 is 11.9 Å². The SMILES string of the molecule is CCNC(=NCCCCN1CCCC(C)C1)NC1CCN(C(=O)CC)C1. The van der Waals surface area contributed by atoms with E-state index in [1.165, 1.54) is 38.9 Å². The van der Waals surface area contributed by atoms with Crippen LogP contribution in [0.1, 0.15) is 59.3 Å². The van der Waals surface area contributed by atoms with E-state index >= 15 is 0 Å². The number of amides is 1. The molecule has 1 amide bonds. The van der Waals surface area contributed by atoms with Gasteiger partial charge in [0.15, 0.2) is 5.96 Å². The van der Waals surface area contributed by atoms with Gasteiger partial charge in [-0.05, 0) is 58.0 Å². The van der Waals surface area contributed by atoms with Gasteiger partial charge in [0.1, 0.15) is 0 Å². The predicted molar refractivity (Wildman–Crippen MR) is 108 cm³/mol. The highest BCUT2D eigenvalue weighted by molar-refractivity contribution is 5.80. The molecule has 26 heavy (non-hydrogen) atoms. The number of hydrogen-bond acceptors (Lipinski definition) is 3. The van der Waals surface area contributed by atoms with Crippen LogP contribution in [0, 0.1) is 5.92 Å². The summed E-state index contributed by atoms with van der Waals surface area (Å²) in [4.78, 5) is 21.1. The van der Waals surface area contributed by atoms with Crippen molar-refractivity contribution in [3.8, 4) is 0 Å². The number of aliphatic imine (C=N–C) groups is 1. The summed E-state index contributed by atoms with van der Waals surface area (Å²) < 4.78 is 0. The van der Waals surface area contributed by atoms with E-state index in [2.05, 4.69) is 29.4 Å². The van der Waals surface area contributed by atoms with Gasteiger partial charge in [0.2, 0.25) is 5.91 Å². The number of unbranched alkanes of at least 4 members (excludes halogenated alkanes) is 1. The summed E-state index contributed by atoms with van der Waals surface area (Å²) in [5.41, 5.74) is 0. The first kappa shape index (κ1) is 21.0. The number of hydrogen-bond donors (Lipinski definition) is 2. The summed E-state index contributed by atoms with van der Waals surface area (Å²) in [7, 11) is 0. The quantitative estimate of drug-likeness (QED) is 0.393. The molecule has 2 fully saturated rings. The second-order valence-corrected chi connectivity index (χ2v) is 7.84. The van der Waals surface area contributed by atoms with Gasteiger partial charge in [-0.1, -0.05) is 13.8 Å². The van der Waals surface area contributed by atoms with E-state index in [0.29, 0.717) is 12.5 Å². The van der Waals surface area contributed by atoms with Crippen LogP contribution in [-0.2, 0) is 4.79 Å². The third-order valence-corrected chi connectivity index (χ3v) is 5.42. The molecule has 2 unspecified atom stereocenters. The highest BCUT2D eigenvalue weighted by Crippen LogP contribution is 2.15.